The number of hydrogen-bond acceptors (Lipinski definition) is 4. The first-order valence-electron chi connectivity index (χ1n) is 7.62. The van der Waals surface area contributed by atoms with Gasteiger partial charge < -0.3 is 9.64 Å². The van der Waals surface area contributed by atoms with Crippen LogP contribution in [0.4, 0.5) is 5.82 Å². The zero-order chi connectivity index (χ0) is 15.7. The predicted molar refractivity (Wildman–Crippen MR) is 84.6 cm³/mol. The smallest absolute Gasteiger partial charge is 0.331 e. The predicted octanol–water partition coefficient (Wildman–Crippen LogP) is 3.30. The lowest BCUT2D eigenvalue weighted by Gasteiger charge is -2.43. The average Bonchev–Trinajstić information content (AvgIpc) is 2.46. The molecule has 116 valence electrons. The Morgan fingerprint density at radius 3 is 2.67 bits per heavy atom. The van der Waals surface area contributed by atoms with Crippen LogP contribution in [-0.4, -0.2) is 30.1 Å². The van der Waals surface area contributed by atoms with Crippen molar-refractivity contribution in [3.8, 4) is 0 Å². The maximum absolute atomic E-state index is 12.3. The number of rotatable bonds is 2. The second kappa shape index (κ2) is 5.66. The molecule has 1 aromatic rings. The lowest BCUT2D eigenvalue weighted by Crippen LogP contribution is -2.56. The van der Waals surface area contributed by atoms with E-state index in [0.717, 1.165) is 37.3 Å². The van der Waals surface area contributed by atoms with Crippen LogP contribution in [-0.2, 0) is 14.9 Å². The Balaban J connectivity index is 2.41. The third-order valence-electron chi connectivity index (χ3n) is 4.30. The number of carbonyl (C=O) groups is 1. The number of anilines is 1. The second-order valence-electron chi connectivity index (χ2n) is 7.01. The Labute approximate surface area is 127 Å². The van der Waals surface area contributed by atoms with E-state index >= 15 is 0 Å². The number of hydrogen-bond donors (Lipinski definition) is 0. The lowest BCUT2D eigenvalue weighted by molar-refractivity contribution is -0.147. The molecule has 0 amide bonds. The monoisotopic (exact) mass is 290 g/mol. The fourth-order valence-corrected chi connectivity index (χ4v) is 2.91. The van der Waals surface area contributed by atoms with Crippen LogP contribution in [0.15, 0.2) is 18.2 Å². The van der Waals surface area contributed by atoms with E-state index in [9.17, 15) is 4.79 Å². The van der Waals surface area contributed by atoms with Crippen LogP contribution in [0.3, 0.4) is 0 Å². The highest BCUT2D eigenvalue weighted by atomic mass is 16.5. The standard InChI is InChI=1S/C17H26N2O2/c1-16(2,3)13-9-8-10-14(18-13)19-12-7-6-11-17(19,4)15(20)21-5/h8-10H,6-7,11-12H2,1-5H3. The molecule has 1 atom stereocenters. The van der Waals surface area contributed by atoms with Gasteiger partial charge in [0.2, 0.25) is 0 Å². The van der Waals surface area contributed by atoms with Crippen molar-refractivity contribution in [2.75, 3.05) is 18.6 Å². The second-order valence-corrected chi connectivity index (χ2v) is 7.01. The molecule has 1 unspecified atom stereocenters. The third-order valence-corrected chi connectivity index (χ3v) is 4.30. The van der Waals surface area contributed by atoms with Gasteiger partial charge in [-0.25, -0.2) is 9.78 Å². The molecule has 1 saturated heterocycles. The molecule has 1 aliphatic heterocycles. The highest BCUT2D eigenvalue weighted by molar-refractivity contribution is 5.84. The number of nitrogens with zero attached hydrogens (tertiary/aromatic N) is 2. The van der Waals surface area contributed by atoms with Crippen LogP contribution in [0.5, 0.6) is 0 Å². The Kier molecular flexibility index (Phi) is 4.26. The van der Waals surface area contributed by atoms with Crippen LogP contribution in [0.25, 0.3) is 0 Å². The van der Waals surface area contributed by atoms with Crippen molar-refractivity contribution in [1.29, 1.82) is 0 Å². The van der Waals surface area contributed by atoms with Crippen molar-refractivity contribution in [3.05, 3.63) is 23.9 Å². The van der Waals surface area contributed by atoms with E-state index in [2.05, 4.69) is 25.7 Å². The van der Waals surface area contributed by atoms with Crippen LogP contribution < -0.4 is 4.90 Å². The fraction of sp³-hybridized carbons (Fsp3) is 0.647. The Morgan fingerprint density at radius 1 is 1.33 bits per heavy atom. The van der Waals surface area contributed by atoms with Gasteiger partial charge in [0.15, 0.2) is 0 Å². The van der Waals surface area contributed by atoms with Gasteiger partial charge in [0.25, 0.3) is 0 Å². The van der Waals surface area contributed by atoms with Crippen molar-refractivity contribution < 1.29 is 9.53 Å². The zero-order valence-corrected chi connectivity index (χ0v) is 13.8. The molecule has 0 aliphatic carbocycles. The van der Waals surface area contributed by atoms with Gasteiger partial charge in [-0.2, -0.15) is 0 Å². The largest absolute Gasteiger partial charge is 0.467 e. The molecule has 0 saturated carbocycles. The summed E-state index contributed by atoms with van der Waals surface area (Å²) in [6.45, 7) is 9.24. The Bertz CT molecular complexity index is 522. The highest BCUT2D eigenvalue weighted by Crippen LogP contribution is 2.34. The summed E-state index contributed by atoms with van der Waals surface area (Å²) < 4.78 is 5.03. The van der Waals surface area contributed by atoms with E-state index in [0.29, 0.717) is 0 Å². The minimum atomic E-state index is -0.615. The quantitative estimate of drug-likeness (QED) is 0.784. The fourth-order valence-electron chi connectivity index (χ4n) is 2.91. The molecule has 0 radical (unpaired) electrons. The molecule has 4 heteroatoms. The summed E-state index contributed by atoms with van der Waals surface area (Å²) in [6, 6.07) is 6.06. The molecule has 0 bridgehead atoms. The summed E-state index contributed by atoms with van der Waals surface area (Å²) >= 11 is 0. The van der Waals surface area contributed by atoms with Crippen molar-refractivity contribution in [3.63, 3.8) is 0 Å². The molecule has 1 aromatic heterocycles. The zero-order valence-electron chi connectivity index (χ0n) is 13.8. The minimum absolute atomic E-state index is 0.00648. The number of piperidine rings is 1. The van der Waals surface area contributed by atoms with Gasteiger partial charge >= 0.3 is 5.97 Å². The topological polar surface area (TPSA) is 42.4 Å². The SMILES string of the molecule is COC(=O)C1(C)CCCCN1c1cccc(C(C)(C)C)n1. The molecule has 1 aliphatic rings. The first-order valence-corrected chi connectivity index (χ1v) is 7.62. The Morgan fingerprint density at radius 2 is 2.05 bits per heavy atom. The maximum atomic E-state index is 12.3. The van der Waals surface area contributed by atoms with Gasteiger partial charge in [-0.05, 0) is 38.3 Å². The van der Waals surface area contributed by atoms with E-state index < -0.39 is 5.54 Å². The van der Waals surface area contributed by atoms with Gasteiger partial charge in [-0.3, -0.25) is 0 Å². The first-order chi connectivity index (χ1) is 9.79. The molecule has 2 heterocycles. The summed E-state index contributed by atoms with van der Waals surface area (Å²) in [5.41, 5.74) is 0.419. The molecular weight excluding hydrogens is 264 g/mol. The summed E-state index contributed by atoms with van der Waals surface area (Å²) in [4.78, 5) is 19.2. The average molecular weight is 290 g/mol. The van der Waals surface area contributed by atoms with E-state index in [1.165, 1.54) is 7.11 Å². The molecular formula is C17H26N2O2. The number of methoxy groups -OCH3 is 1. The number of carbonyl (C=O) groups excluding carboxylic acids is 1. The van der Waals surface area contributed by atoms with Crippen molar-refractivity contribution in [2.24, 2.45) is 0 Å². The molecule has 4 nitrogen and oxygen atoms in total. The van der Waals surface area contributed by atoms with E-state index in [1.807, 2.05) is 25.1 Å². The van der Waals surface area contributed by atoms with Gasteiger partial charge in [-0.15, -0.1) is 0 Å². The molecule has 2 rings (SSSR count). The first kappa shape index (κ1) is 15.8. The highest BCUT2D eigenvalue weighted by Gasteiger charge is 2.43. The lowest BCUT2D eigenvalue weighted by atomic mass is 9.88. The number of ether oxygens (including phenoxy) is 1. The van der Waals surface area contributed by atoms with Gasteiger partial charge in [0, 0.05) is 17.7 Å². The number of aromatic nitrogens is 1. The maximum Gasteiger partial charge on any atom is 0.331 e. The summed E-state index contributed by atoms with van der Waals surface area (Å²) in [7, 11) is 1.46. The molecule has 1 fully saturated rings. The third kappa shape index (κ3) is 3.04. The number of esters is 1. The van der Waals surface area contributed by atoms with Crippen molar-refractivity contribution in [2.45, 2.75) is 57.9 Å². The van der Waals surface area contributed by atoms with E-state index in [1.54, 1.807) is 0 Å². The summed E-state index contributed by atoms with van der Waals surface area (Å²) in [5.74, 6) is 0.695. The Hall–Kier alpha value is -1.58. The summed E-state index contributed by atoms with van der Waals surface area (Å²) in [6.07, 6.45) is 2.93. The van der Waals surface area contributed by atoms with Gasteiger partial charge in [-0.1, -0.05) is 26.8 Å². The van der Waals surface area contributed by atoms with E-state index in [4.69, 9.17) is 9.72 Å². The van der Waals surface area contributed by atoms with Gasteiger partial charge in [0.05, 0.1) is 7.11 Å². The van der Waals surface area contributed by atoms with Crippen molar-refractivity contribution in [1.82, 2.24) is 4.98 Å². The number of pyridine rings is 1. The minimum Gasteiger partial charge on any atom is -0.467 e. The molecule has 0 N–H and O–H groups in total. The van der Waals surface area contributed by atoms with Crippen molar-refractivity contribution >= 4 is 11.8 Å². The van der Waals surface area contributed by atoms with Crippen LogP contribution in [0.2, 0.25) is 0 Å². The molecule has 0 spiro atoms. The molecule has 21 heavy (non-hydrogen) atoms. The van der Waals surface area contributed by atoms with Crippen LogP contribution in [0, 0.1) is 0 Å². The van der Waals surface area contributed by atoms with E-state index in [-0.39, 0.29) is 11.4 Å². The normalized spacial score (nSPS) is 23.0. The van der Waals surface area contributed by atoms with Crippen LogP contribution in [0.1, 0.15) is 52.7 Å². The summed E-state index contributed by atoms with van der Waals surface area (Å²) in [5, 5.41) is 0. The van der Waals surface area contributed by atoms with Gasteiger partial charge in [0.1, 0.15) is 11.4 Å². The molecule has 0 aromatic carbocycles. The van der Waals surface area contributed by atoms with Crippen LogP contribution >= 0.6 is 0 Å².